The van der Waals surface area contributed by atoms with E-state index < -0.39 is 0 Å². The van der Waals surface area contributed by atoms with Gasteiger partial charge in [-0.3, -0.25) is 4.79 Å². The fourth-order valence-electron chi connectivity index (χ4n) is 3.49. The number of aromatic nitrogens is 2. The molecule has 1 atom stereocenters. The van der Waals surface area contributed by atoms with Gasteiger partial charge in [0, 0.05) is 31.5 Å². The van der Waals surface area contributed by atoms with Crippen molar-refractivity contribution < 1.29 is 9.53 Å². The highest BCUT2D eigenvalue weighted by Gasteiger charge is 2.23. The van der Waals surface area contributed by atoms with Crippen LogP contribution in [-0.4, -0.2) is 42.1 Å². The predicted molar refractivity (Wildman–Crippen MR) is 106 cm³/mol. The van der Waals surface area contributed by atoms with E-state index in [-0.39, 0.29) is 5.91 Å². The smallest absolute Gasteiger partial charge is 0.254 e. The molecule has 144 valence electrons. The van der Waals surface area contributed by atoms with E-state index in [1.165, 1.54) is 19.3 Å². The first kappa shape index (κ1) is 19.1. The number of carbonyl (C=O) groups excluding carboxylic acids is 1. The van der Waals surface area contributed by atoms with E-state index in [0.29, 0.717) is 18.2 Å². The van der Waals surface area contributed by atoms with Crippen molar-refractivity contribution in [3.05, 3.63) is 47.8 Å². The molecule has 1 saturated heterocycles. The zero-order chi connectivity index (χ0) is 19.1. The van der Waals surface area contributed by atoms with Gasteiger partial charge in [0.05, 0.1) is 12.7 Å². The maximum atomic E-state index is 12.3. The van der Waals surface area contributed by atoms with Crippen LogP contribution in [0.4, 0.5) is 5.95 Å². The van der Waals surface area contributed by atoms with Gasteiger partial charge in [-0.2, -0.15) is 0 Å². The van der Waals surface area contributed by atoms with Crippen LogP contribution in [0.2, 0.25) is 0 Å². The van der Waals surface area contributed by atoms with Gasteiger partial charge in [-0.05, 0) is 49.8 Å². The van der Waals surface area contributed by atoms with E-state index in [1.807, 2.05) is 24.3 Å². The van der Waals surface area contributed by atoms with Gasteiger partial charge in [-0.15, -0.1) is 0 Å². The molecule has 1 N–H and O–H groups in total. The van der Waals surface area contributed by atoms with E-state index in [1.54, 1.807) is 19.5 Å². The van der Waals surface area contributed by atoms with Crippen LogP contribution in [0.1, 0.15) is 48.5 Å². The maximum Gasteiger partial charge on any atom is 0.254 e. The lowest BCUT2D eigenvalue weighted by molar-refractivity contribution is 0.0953. The zero-order valence-corrected chi connectivity index (χ0v) is 16.1. The first-order valence-electron chi connectivity index (χ1n) is 9.71. The fourth-order valence-corrected chi connectivity index (χ4v) is 3.49. The third-order valence-corrected chi connectivity index (χ3v) is 5.11. The number of benzene rings is 1. The van der Waals surface area contributed by atoms with Crippen LogP contribution in [0.15, 0.2) is 36.7 Å². The minimum absolute atomic E-state index is 0.138. The SMILES string of the molecule is CCC1CCCCN1c1ncc(C(=O)NCCc2ccc(OC)cc2)cn1. The lowest BCUT2D eigenvalue weighted by Crippen LogP contribution is -2.40. The van der Waals surface area contributed by atoms with Crippen LogP contribution in [0.3, 0.4) is 0 Å². The molecule has 1 aliphatic rings. The molecule has 0 saturated carbocycles. The van der Waals surface area contributed by atoms with Gasteiger partial charge in [-0.1, -0.05) is 19.1 Å². The summed E-state index contributed by atoms with van der Waals surface area (Å²) in [7, 11) is 1.65. The molecule has 1 unspecified atom stereocenters. The minimum Gasteiger partial charge on any atom is -0.497 e. The minimum atomic E-state index is -0.138. The standard InChI is InChI=1S/C21H28N4O2/c1-3-18-6-4-5-13-25(18)21-23-14-17(15-24-21)20(26)22-12-11-16-7-9-19(27-2)10-8-16/h7-10,14-15,18H,3-6,11-13H2,1-2H3,(H,22,26). The normalized spacial score (nSPS) is 16.8. The highest BCUT2D eigenvalue weighted by Crippen LogP contribution is 2.23. The molecular formula is C21H28N4O2. The Morgan fingerprint density at radius 3 is 2.63 bits per heavy atom. The molecule has 0 spiro atoms. The van der Waals surface area contributed by atoms with E-state index in [2.05, 4.69) is 27.1 Å². The Kier molecular flexibility index (Phi) is 6.63. The third-order valence-electron chi connectivity index (χ3n) is 5.11. The molecule has 1 fully saturated rings. The van der Waals surface area contributed by atoms with Crippen LogP contribution >= 0.6 is 0 Å². The van der Waals surface area contributed by atoms with Gasteiger partial charge in [0.1, 0.15) is 5.75 Å². The molecule has 1 amide bonds. The molecule has 6 nitrogen and oxygen atoms in total. The average Bonchev–Trinajstić information content (AvgIpc) is 2.74. The van der Waals surface area contributed by atoms with Crippen LogP contribution in [-0.2, 0) is 6.42 Å². The number of carbonyl (C=O) groups is 1. The van der Waals surface area contributed by atoms with Crippen LogP contribution in [0, 0.1) is 0 Å². The monoisotopic (exact) mass is 368 g/mol. The Hall–Kier alpha value is -2.63. The molecule has 3 rings (SSSR count). The lowest BCUT2D eigenvalue weighted by atomic mass is 10.0. The summed E-state index contributed by atoms with van der Waals surface area (Å²) in [5.41, 5.74) is 1.65. The Balaban J connectivity index is 1.52. The summed E-state index contributed by atoms with van der Waals surface area (Å²) in [6, 6.07) is 8.36. The summed E-state index contributed by atoms with van der Waals surface area (Å²) in [6.45, 7) is 3.76. The topological polar surface area (TPSA) is 67.4 Å². The average molecular weight is 368 g/mol. The van der Waals surface area contributed by atoms with Gasteiger partial charge in [0.2, 0.25) is 5.95 Å². The second-order valence-corrected chi connectivity index (χ2v) is 6.88. The van der Waals surface area contributed by atoms with Crippen LogP contribution in [0.25, 0.3) is 0 Å². The summed E-state index contributed by atoms with van der Waals surface area (Å²) in [5.74, 6) is 1.43. The van der Waals surface area contributed by atoms with Crippen molar-refractivity contribution in [3.63, 3.8) is 0 Å². The summed E-state index contributed by atoms with van der Waals surface area (Å²) in [5, 5.41) is 2.93. The molecular weight excluding hydrogens is 340 g/mol. The van der Waals surface area contributed by atoms with E-state index in [4.69, 9.17) is 4.74 Å². The van der Waals surface area contributed by atoms with Crippen molar-refractivity contribution in [2.24, 2.45) is 0 Å². The highest BCUT2D eigenvalue weighted by atomic mass is 16.5. The summed E-state index contributed by atoms with van der Waals surface area (Å²) >= 11 is 0. The number of hydrogen-bond donors (Lipinski definition) is 1. The number of hydrogen-bond acceptors (Lipinski definition) is 5. The van der Waals surface area contributed by atoms with Crippen molar-refractivity contribution in [1.29, 1.82) is 0 Å². The van der Waals surface area contributed by atoms with Gasteiger partial charge in [-0.25, -0.2) is 9.97 Å². The maximum absolute atomic E-state index is 12.3. The number of nitrogens with zero attached hydrogens (tertiary/aromatic N) is 3. The Bertz CT molecular complexity index is 731. The Morgan fingerprint density at radius 1 is 1.22 bits per heavy atom. The Labute approximate surface area is 161 Å². The number of amides is 1. The second kappa shape index (κ2) is 9.35. The van der Waals surface area contributed by atoms with E-state index in [9.17, 15) is 4.79 Å². The molecule has 0 aliphatic carbocycles. The molecule has 0 bridgehead atoms. The highest BCUT2D eigenvalue weighted by molar-refractivity contribution is 5.93. The van der Waals surface area contributed by atoms with Crippen molar-refractivity contribution in [2.75, 3.05) is 25.1 Å². The zero-order valence-electron chi connectivity index (χ0n) is 16.1. The molecule has 0 radical (unpaired) electrons. The van der Waals surface area contributed by atoms with Crippen molar-refractivity contribution in [2.45, 2.75) is 45.1 Å². The molecule has 27 heavy (non-hydrogen) atoms. The van der Waals surface area contributed by atoms with E-state index >= 15 is 0 Å². The van der Waals surface area contributed by atoms with Gasteiger partial charge in [0.15, 0.2) is 0 Å². The summed E-state index contributed by atoms with van der Waals surface area (Å²) < 4.78 is 5.15. The van der Waals surface area contributed by atoms with E-state index in [0.717, 1.165) is 36.6 Å². The predicted octanol–water partition coefficient (Wildman–Crippen LogP) is 3.23. The van der Waals surface area contributed by atoms with Crippen LogP contribution in [0.5, 0.6) is 5.75 Å². The first-order valence-corrected chi connectivity index (χ1v) is 9.71. The molecule has 6 heteroatoms. The summed E-state index contributed by atoms with van der Waals surface area (Å²) in [6.07, 6.45) is 8.75. The van der Waals surface area contributed by atoms with Crippen LogP contribution < -0.4 is 15.0 Å². The molecule has 2 heterocycles. The van der Waals surface area contributed by atoms with Gasteiger partial charge < -0.3 is 15.0 Å². The van der Waals surface area contributed by atoms with Crippen molar-refractivity contribution in [3.8, 4) is 5.75 Å². The van der Waals surface area contributed by atoms with Gasteiger partial charge in [0.25, 0.3) is 5.91 Å². The number of ether oxygens (including phenoxy) is 1. The number of nitrogens with one attached hydrogen (secondary N) is 1. The number of rotatable bonds is 7. The quantitative estimate of drug-likeness (QED) is 0.813. The molecule has 1 aromatic heterocycles. The summed E-state index contributed by atoms with van der Waals surface area (Å²) in [4.78, 5) is 23.5. The largest absolute Gasteiger partial charge is 0.497 e. The van der Waals surface area contributed by atoms with Crippen molar-refractivity contribution >= 4 is 11.9 Å². The lowest BCUT2D eigenvalue weighted by Gasteiger charge is -2.35. The third kappa shape index (κ3) is 4.96. The molecule has 2 aromatic rings. The van der Waals surface area contributed by atoms with Crippen molar-refractivity contribution in [1.82, 2.24) is 15.3 Å². The molecule has 1 aromatic carbocycles. The first-order chi connectivity index (χ1) is 13.2. The fraction of sp³-hybridized carbons (Fsp3) is 0.476. The van der Waals surface area contributed by atoms with Gasteiger partial charge >= 0.3 is 0 Å². The number of methoxy groups -OCH3 is 1. The number of piperidine rings is 1. The number of anilines is 1. The molecule has 1 aliphatic heterocycles. The Morgan fingerprint density at radius 2 is 1.96 bits per heavy atom. The second-order valence-electron chi connectivity index (χ2n) is 6.88.